The van der Waals surface area contributed by atoms with Crippen LogP contribution < -0.4 is 0 Å². The zero-order chi connectivity index (χ0) is 9.84. The Kier molecular flexibility index (Phi) is 3.04. The predicted molar refractivity (Wildman–Crippen MR) is 55.5 cm³/mol. The molecule has 0 aromatic heterocycles. The van der Waals surface area contributed by atoms with Gasteiger partial charge in [0.1, 0.15) is 6.10 Å². The molecule has 0 aliphatic carbocycles. The summed E-state index contributed by atoms with van der Waals surface area (Å²) in [6.07, 6.45) is 0.954. The Bertz CT molecular complexity index is 326. The summed E-state index contributed by atoms with van der Waals surface area (Å²) in [5.41, 5.74) is 2.60. The van der Waals surface area contributed by atoms with Gasteiger partial charge in [0.2, 0.25) is 0 Å². The highest BCUT2D eigenvalue weighted by Gasteiger charge is 2.10. The van der Waals surface area contributed by atoms with Gasteiger partial charge in [0.15, 0.2) is 0 Å². The lowest BCUT2D eigenvalue weighted by atomic mass is 9.99. The maximum Gasteiger partial charge on any atom is 0.104 e. The Balaban J connectivity index is 3.01. The third-order valence-corrected chi connectivity index (χ3v) is 2.10. The molecule has 0 saturated heterocycles. The van der Waals surface area contributed by atoms with E-state index in [4.69, 9.17) is 0 Å². The fraction of sp³-hybridized carbons (Fsp3) is 0.167. The second-order valence-electron chi connectivity index (χ2n) is 3.04. The van der Waals surface area contributed by atoms with Crippen molar-refractivity contribution in [1.29, 1.82) is 0 Å². The van der Waals surface area contributed by atoms with E-state index in [2.05, 4.69) is 13.2 Å². The lowest BCUT2D eigenvalue weighted by Gasteiger charge is -2.13. The molecule has 0 heterocycles. The largest absolute Gasteiger partial charge is 0.384 e. The van der Waals surface area contributed by atoms with Crippen LogP contribution in [0.1, 0.15) is 17.2 Å². The monoisotopic (exact) mass is 174 g/mol. The summed E-state index contributed by atoms with van der Waals surface area (Å²) in [7, 11) is 0. The van der Waals surface area contributed by atoms with Gasteiger partial charge in [-0.2, -0.15) is 0 Å². The zero-order valence-electron chi connectivity index (χ0n) is 7.83. The quantitative estimate of drug-likeness (QED) is 0.698. The van der Waals surface area contributed by atoms with Gasteiger partial charge in [-0.1, -0.05) is 43.5 Å². The van der Waals surface area contributed by atoms with Gasteiger partial charge < -0.3 is 5.11 Å². The van der Waals surface area contributed by atoms with E-state index in [0.29, 0.717) is 5.57 Å². The molecule has 68 valence electrons. The minimum Gasteiger partial charge on any atom is -0.384 e. The molecule has 1 nitrogen and oxygen atoms in total. The Hall–Kier alpha value is -1.34. The first-order valence-electron chi connectivity index (χ1n) is 4.21. The normalized spacial score (nSPS) is 12.2. The van der Waals surface area contributed by atoms with Crippen LogP contribution in [0.25, 0.3) is 0 Å². The molecule has 0 amide bonds. The molecule has 0 saturated carbocycles. The molecule has 1 atom stereocenters. The first-order chi connectivity index (χ1) is 6.16. The first kappa shape index (κ1) is 9.75. The van der Waals surface area contributed by atoms with Crippen molar-refractivity contribution in [1.82, 2.24) is 0 Å². The molecule has 0 radical (unpaired) electrons. The van der Waals surface area contributed by atoms with Crippen LogP contribution in [0.2, 0.25) is 0 Å². The highest BCUT2D eigenvalue weighted by atomic mass is 16.3. The number of rotatable bonds is 3. The van der Waals surface area contributed by atoms with E-state index >= 15 is 0 Å². The van der Waals surface area contributed by atoms with Crippen LogP contribution >= 0.6 is 0 Å². The van der Waals surface area contributed by atoms with Crippen molar-refractivity contribution in [2.75, 3.05) is 0 Å². The standard InChI is InChI=1S/C12H14O/c1-4-9(2)12(13)11-8-6-5-7-10(11)3/h4-8,12-13H,1-2H2,3H3. The molecule has 13 heavy (non-hydrogen) atoms. The third kappa shape index (κ3) is 2.07. The Morgan fingerprint density at radius 2 is 2.08 bits per heavy atom. The molecule has 1 aromatic carbocycles. The first-order valence-corrected chi connectivity index (χ1v) is 4.21. The van der Waals surface area contributed by atoms with Crippen molar-refractivity contribution in [2.24, 2.45) is 0 Å². The summed E-state index contributed by atoms with van der Waals surface area (Å²) in [6, 6.07) is 7.72. The van der Waals surface area contributed by atoms with Gasteiger partial charge in [-0.15, -0.1) is 0 Å². The summed E-state index contributed by atoms with van der Waals surface area (Å²) in [5, 5.41) is 9.80. The summed E-state index contributed by atoms with van der Waals surface area (Å²) >= 11 is 0. The van der Waals surface area contributed by atoms with Gasteiger partial charge in [0.25, 0.3) is 0 Å². The van der Waals surface area contributed by atoms with Crippen LogP contribution in [-0.4, -0.2) is 5.11 Å². The van der Waals surface area contributed by atoms with Crippen molar-refractivity contribution in [2.45, 2.75) is 13.0 Å². The lowest BCUT2D eigenvalue weighted by molar-refractivity contribution is 0.219. The van der Waals surface area contributed by atoms with E-state index in [0.717, 1.165) is 11.1 Å². The van der Waals surface area contributed by atoms with Gasteiger partial charge >= 0.3 is 0 Å². The Labute approximate surface area is 79.0 Å². The SMILES string of the molecule is C=CC(=C)C(O)c1ccccc1C. The molecule has 0 bridgehead atoms. The molecule has 1 unspecified atom stereocenters. The van der Waals surface area contributed by atoms with Crippen molar-refractivity contribution < 1.29 is 5.11 Å². The maximum absolute atomic E-state index is 9.80. The number of aliphatic hydroxyl groups is 1. The molecule has 1 aromatic rings. The maximum atomic E-state index is 9.80. The molecule has 0 fully saturated rings. The highest BCUT2D eigenvalue weighted by molar-refractivity contribution is 5.34. The molecule has 1 heteroatoms. The number of aliphatic hydroxyl groups excluding tert-OH is 1. The fourth-order valence-corrected chi connectivity index (χ4v) is 1.20. The lowest BCUT2D eigenvalue weighted by Crippen LogP contribution is -2.00. The van der Waals surface area contributed by atoms with E-state index in [1.54, 1.807) is 6.08 Å². The van der Waals surface area contributed by atoms with Gasteiger partial charge in [-0.25, -0.2) is 0 Å². The number of hydrogen-bond donors (Lipinski definition) is 1. The van der Waals surface area contributed by atoms with Crippen LogP contribution in [-0.2, 0) is 0 Å². The van der Waals surface area contributed by atoms with E-state index in [9.17, 15) is 5.11 Å². The smallest absolute Gasteiger partial charge is 0.104 e. The van der Waals surface area contributed by atoms with Gasteiger partial charge in [0, 0.05) is 0 Å². The van der Waals surface area contributed by atoms with Crippen molar-refractivity contribution in [3.05, 3.63) is 60.2 Å². The second kappa shape index (κ2) is 4.06. The molecule has 0 spiro atoms. The minimum absolute atomic E-state index is 0.626. The van der Waals surface area contributed by atoms with Crippen LogP contribution in [0, 0.1) is 6.92 Å². The number of aryl methyl sites for hydroxylation is 1. The average Bonchev–Trinajstić information content (AvgIpc) is 2.16. The Morgan fingerprint density at radius 3 is 2.62 bits per heavy atom. The van der Waals surface area contributed by atoms with E-state index in [1.165, 1.54) is 0 Å². The molecule has 1 rings (SSSR count). The molecular formula is C12H14O. The average molecular weight is 174 g/mol. The van der Waals surface area contributed by atoms with Crippen molar-refractivity contribution in [3.8, 4) is 0 Å². The van der Waals surface area contributed by atoms with Crippen LogP contribution in [0.15, 0.2) is 49.1 Å². The van der Waals surface area contributed by atoms with Crippen LogP contribution in [0.4, 0.5) is 0 Å². The molecular weight excluding hydrogens is 160 g/mol. The zero-order valence-corrected chi connectivity index (χ0v) is 7.83. The van der Waals surface area contributed by atoms with Gasteiger partial charge in [0.05, 0.1) is 0 Å². The summed E-state index contributed by atoms with van der Waals surface area (Å²) in [5.74, 6) is 0. The van der Waals surface area contributed by atoms with Gasteiger partial charge in [-0.05, 0) is 23.6 Å². The molecule has 0 aliphatic heterocycles. The Morgan fingerprint density at radius 1 is 1.46 bits per heavy atom. The van der Waals surface area contributed by atoms with Crippen molar-refractivity contribution in [3.63, 3.8) is 0 Å². The number of hydrogen-bond acceptors (Lipinski definition) is 1. The molecule has 0 aliphatic rings. The number of benzene rings is 1. The highest BCUT2D eigenvalue weighted by Crippen LogP contribution is 2.23. The summed E-state index contributed by atoms with van der Waals surface area (Å²) in [4.78, 5) is 0. The van der Waals surface area contributed by atoms with Crippen LogP contribution in [0.5, 0.6) is 0 Å². The summed E-state index contributed by atoms with van der Waals surface area (Å²) in [6.45, 7) is 9.27. The summed E-state index contributed by atoms with van der Waals surface area (Å²) < 4.78 is 0. The fourth-order valence-electron chi connectivity index (χ4n) is 1.20. The van der Waals surface area contributed by atoms with Crippen LogP contribution in [0.3, 0.4) is 0 Å². The van der Waals surface area contributed by atoms with E-state index < -0.39 is 6.10 Å². The topological polar surface area (TPSA) is 20.2 Å². The minimum atomic E-state index is -0.626. The van der Waals surface area contributed by atoms with Gasteiger partial charge in [-0.3, -0.25) is 0 Å². The van der Waals surface area contributed by atoms with Crippen molar-refractivity contribution >= 4 is 0 Å². The predicted octanol–water partition coefficient (Wildman–Crippen LogP) is 2.77. The molecule has 1 N–H and O–H groups in total. The second-order valence-corrected chi connectivity index (χ2v) is 3.04. The van der Waals surface area contributed by atoms with E-state index in [1.807, 2.05) is 31.2 Å². The third-order valence-electron chi connectivity index (χ3n) is 2.10. The van der Waals surface area contributed by atoms with E-state index in [-0.39, 0.29) is 0 Å².